The summed E-state index contributed by atoms with van der Waals surface area (Å²) in [7, 11) is 0. The van der Waals surface area contributed by atoms with E-state index in [0.29, 0.717) is 18.1 Å². The topological polar surface area (TPSA) is 29.1 Å². The normalized spacial score (nSPS) is 17.5. The zero-order valence-corrected chi connectivity index (χ0v) is 6.81. The van der Waals surface area contributed by atoms with Gasteiger partial charge in [0.25, 0.3) is 0 Å². The maximum absolute atomic E-state index is 11.1. The highest BCUT2D eigenvalue weighted by molar-refractivity contribution is 5.78. The number of hydrogen-bond acceptors (Lipinski definition) is 2. The van der Waals surface area contributed by atoms with Crippen LogP contribution in [0.1, 0.15) is 19.3 Å². The SMILES string of the molecule is C=CCCC(=O)CC1CNC1. The number of Topliss-reactive ketones (excluding diaryl/α,β-unsaturated/α-hetero) is 1. The molecule has 0 bridgehead atoms. The first-order valence-corrected chi connectivity index (χ1v) is 4.16. The van der Waals surface area contributed by atoms with Gasteiger partial charge in [0.2, 0.25) is 0 Å². The molecule has 0 amide bonds. The Balaban J connectivity index is 2.04. The second kappa shape index (κ2) is 4.29. The summed E-state index contributed by atoms with van der Waals surface area (Å²) in [5.41, 5.74) is 0. The molecule has 1 saturated heterocycles. The fourth-order valence-electron chi connectivity index (χ4n) is 1.18. The van der Waals surface area contributed by atoms with Crippen molar-refractivity contribution in [1.82, 2.24) is 5.32 Å². The van der Waals surface area contributed by atoms with Crippen LogP contribution in [-0.4, -0.2) is 18.9 Å². The van der Waals surface area contributed by atoms with Gasteiger partial charge < -0.3 is 5.32 Å². The van der Waals surface area contributed by atoms with E-state index in [1.165, 1.54) is 0 Å². The van der Waals surface area contributed by atoms with Crippen LogP contribution in [-0.2, 0) is 4.79 Å². The molecule has 1 N–H and O–H groups in total. The summed E-state index contributed by atoms with van der Waals surface area (Å²) in [6.45, 7) is 5.64. The summed E-state index contributed by atoms with van der Waals surface area (Å²) in [6, 6.07) is 0. The molecule has 0 unspecified atom stereocenters. The number of ketones is 1. The van der Waals surface area contributed by atoms with Gasteiger partial charge in [-0.1, -0.05) is 6.08 Å². The summed E-state index contributed by atoms with van der Waals surface area (Å²) < 4.78 is 0. The van der Waals surface area contributed by atoms with Crippen LogP contribution in [0.5, 0.6) is 0 Å². The van der Waals surface area contributed by atoms with Crippen LogP contribution in [0.3, 0.4) is 0 Å². The van der Waals surface area contributed by atoms with Crippen molar-refractivity contribution in [1.29, 1.82) is 0 Å². The number of rotatable bonds is 5. The standard InChI is InChI=1S/C9H15NO/c1-2-3-4-9(11)5-8-6-10-7-8/h2,8,10H,1,3-7H2. The van der Waals surface area contributed by atoms with E-state index in [-0.39, 0.29) is 0 Å². The Bertz CT molecular complexity index is 150. The number of allylic oxidation sites excluding steroid dienone is 1. The first-order valence-electron chi connectivity index (χ1n) is 4.16. The number of carbonyl (C=O) groups excluding carboxylic acids is 1. The summed E-state index contributed by atoms with van der Waals surface area (Å²) in [5.74, 6) is 1.00. The lowest BCUT2D eigenvalue weighted by molar-refractivity contribution is -0.120. The lowest BCUT2D eigenvalue weighted by Gasteiger charge is -2.26. The number of hydrogen-bond donors (Lipinski definition) is 1. The average molecular weight is 153 g/mol. The minimum Gasteiger partial charge on any atom is -0.316 e. The Labute approximate surface area is 67.7 Å². The van der Waals surface area contributed by atoms with Gasteiger partial charge in [-0.2, -0.15) is 0 Å². The molecule has 1 aliphatic heterocycles. The first kappa shape index (κ1) is 8.47. The smallest absolute Gasteiger partial charge is 0.133 e. The molecule has 1 rings (SSSR count). The fourth-order valence-corrected chi connectivity index (χ4v) is 1.18. The molecule has 0 saturated carbocycles. The second-order valence-corrected chi connectivity index (χ2v) is 3.09. The van der Waals surface area contributed by atoms with Gasteiger partial charge in [-0.25, -0.2) is 0 Å². The van der Waals surface area contributed by atoms with Crippen molar-refractivity contribution in [2.75, 3.05) is 13.1 Å². The van der Waals surface area contributed by atoms with E-state index in [9.17, 15) is 4.79 Å². The lowest BCUT2D eigenvalue weighted by atomic mass is 9.95. The van der Waals surface area contributed by atoms with Crippen molar-refractivity contribution < 1.29 is 4.79 Å². The van der Waals surface area contributed by atoms with Gasteiger partial charge in [-0.3, -0.25) is 4.79 Å². The third-order valence-corrected chi connectivity index (χ3v) is 2.01. The third-order valence-electron chi connectivity index (χ3n) is 2.01. The van der Waals surface area contributed by atoms with Crippen molar-refractivity contribution >= 4 is 5.78 Å². The van der Waals surface area contributed by atoms with Crippen molar-refractivity contribution in [3.05, 3.63) is 12.7 Å². The zero-order chi connectivity index (χ0) is 8.10. The molecule has 0 spiro atoms. The Morgan fingerprint density at radius 1 is 1.64 bits per heavy atom. The Hall–Kier alpha value is -0.630. The average Bonchev–Trinajstić information content (AvgIpc) is 1.93. The molecule has 1 aliphatic rings. The number of carbonyl (C=O) groups is 1. The van der Waals surface area contributed by atoms with Crippen LogP contribution in [0.4, 0.5) is 0 Å². The maximum Gasteiger partial charge on any atom is 0.133 e. The lowest BCUT2D eigenvalue weighted by Crippen LogP contribution is -2.42. The van der Waals surface area contributed by atoms with Gasteiger partial charge in [0.05, 0.1) is 0 Å². The molecule has 1 heterocycles. The summed E-state index contributed by atoms with van der Waals surface area (Å²) >= 11 is 0. The Morgan fingerprint density at radius 3 is 2.82 bits per heavy atom. The molecule has 11 heavy (non-hydrogen) atoms. The largest absolute Gasteiger partial charge is 0.316 e. The van der Waals surface area contributed by atoms with Crippen LogP contribution in [0.25, 0.3) is 0 Å². The highest BCUT2D eigenvalue weighted by atomic mass is 16.1. The summed E-state index contributed by atoms with van der Waals surface area (Å²) in [4.78, 5) is 11.1. The molecule has 62 valence electrons. The molecule has 0 atom stereocenters. The van der Waals surface area contributed by atoms with Crippen LogP contribution in [0.15, 0.2) is 12.7 Å². The minimum absolute atomic E-state index is 0.386. The number of nitrogens with one attached hydrogen (secondary N) is 1. The van der Waals surface area contributed by atoms with Crippen molar-refractivity contribution in [3.8, 4) is 0 Å². The van der Waals surface area contributed by atoms with Gasteiger partial charge in [0.1, 0.15) is 5.78 Å². The van der Waals surface area contributed by atoms with E-state index in [4.69, 9.17) is 0 Å². The van der Waals surface area contributed by atoms with Gasteiger partial charge in [-0.15, -0.1) is 6.58 Å². The molecular formula is C9H15NO. The summed E-state index contributed by atoms with van der Waals surface area (Å²) in [6.07, 6.45) is 4.08. The maximum atomic E-state index is 11.1. The molecule has 2 nitrogen and oxygen atoms in total. The molecule has 1 fully saturated rings. The van der Waals surface area contributed by atoms with Gasteiger partial charge in [-0.05, 0) is 25.4 Å². The van der Waals surface area contributed by atoms with Gasteiger partial charge in [0, 0.05) is 12.8 Å². The van der Waals surface area contributed by atoms with Crippen LogP contribution in [0.2, 0.25) is 0 Å². The van der Waals surface area contributed by atoms with E-state index >= 15 is 0 Å². The zero-order valence-electron chi connectivity index (χ0n) is 6.81. The molecular weight excluding hydrogens is 138 g/mol. The summed E-state index contributed by atoms with van der Waals surface area (Å²) in [5, 5.41) is 3.15. The molecule has 0 radical (unpaired) electrons. The van der Waals surface area contributed by atoms with Gasteiger partial charge >= 0.3 is 0 Å². The predicted octanol–water partition coefficient (Wildman–Crippen LogP) is 1.13. The Morgan fingerprint density at radius 2 is 2.36 bits per heavy atom. The molecule has 0 aliphatic carbocycles. The van der Waals surface area contributed by atoms with E-state index in [0.717, 1.165) is 25.9 Å². The van der Waals surface area contributed by atoms with Crippen molar-refractivity contribution in [2.45, 2.75) is 19.3 Å². The van der Waals surface area contributed by atoms with Crippen molar-refractivity contribution in [2.24, 2.45) is 5.92 Å². The van der Waals surface area contributed by atoms with Crippen LogP contribution < -0.4 is 5.32 Å². The minimum atomic E-state index is 0.386. The molecule has 0 aromatic rings. The highest BCUT2D eigenvalue weighted by Crippen LogP contribution is 2.10. The second-order valence-electron chi connectivity index (χ2n) is 3.09. The van der Waals surface area contributed by atoms with E-state index in [1.54, 1.807) is 6.08 Å². The van der Waals surface area contributed by atoms with E-state index in [1.807, 2.05) is 0 Å². The Kier molecular flexibility index (Phi) is 3.30. The van der Waals surface area contributed by atoms with Crippen molar-refractivity contribution in [3.63, 3.8) is 0 Å². The first-order chi connectivity index (χ1) is 5.33. The molecule has 0 aromatic carbocycles. The molecule has 0 aromatic heterocycles. The van der Waals surface area contributed by atoms with Gasteiger partial charge in [0.15, 0.2) is 0 Å². The van der Waals surface area contributed by atoms with Crippen LogP contribution in [0, 0.1) is 5.92 Å². The fraction of sp³-hybridized carbons (Fsp3) is 0.667. The molecule has 2 heteroatoms. The van der Waals surface area contributed by atoms with E-state index < -0.39 is 0 Å². The quantitative estimate of drug-likeness (QED) is 0.600. The third kappa shape index (κ3) is 2.85. The monoisotopic (exact) mass is 153 g/mol. The van der Waals surface area contributed by atoms with Crippen LogP contribution >= 0.6 is 0 Å². The van der Waals surface area contributed by atoms with E-state index in [2.05, 4.69) is 11.9 Å². The predicted molar refractivity (Wildman–Crippen MR) is 45.4 cm³/mol. The highest BCUT2D eigenvalue weighted by Gasteiger charge is 2.19.